The summed E-state index contributed by atoms with van der Waals surface area (Å²) < 4.78 is 17.0. The van der Waals surface area contributed by atoms with Crippen LogP contribution in [0.25, 0.3) is 0 Å². The number of carbonyl (C=O) groups excluding carboxylic acids is 3. The summed E-state index contributed by atoms with van der Waals surface area (Å²) in [6.07, 6.45) is 66.8. The zero-order valence-electron chi connectivity index (χ0n) is 50.3. The lowest BCUT2D eigenvalue weighted by Gasteiger charge is -2.18. The highest BCUT2D eigenvalue weighted by Crippen LogP contribution is 2.19. The fourth-order valence-electron chi connectivity index (χ4n) is 10.5. The van der Waals surface area contributed by atoms with Crippen LogP contribution in [0.3, 0.4) is 0 Å². The van der Waals surface area contributed by atoms with Gasteiger partial charge in [0, 0.05) is 19.3 Å². The Morgan fingerprint density at radius 1 is 0.260 bits per heavy atom. The van der Waals surface area contributed by atoms with Crippen molar-refractivity contribution in [1.82, 2.24) is 0 Å². The van der Waals surface area contributed by atoms with E-state index >= 15 is 0 Å². The Hall–Kier alpha value is -1.59. The van der Waals surface area contributed by atoms with Gasteiger partial charge in [0.2, 0.25) is 0 Å². The standard InChI is InChI=1S/C67H130O6/c1-6-7-8-9-10-11-12-13-14-15-16-17-22-29-34-39-44-49-54-59-67(70)73-64(61-72-66(69)58-53-48-43-38-33-28-24-23-26-31-36-41-46-51-56-63(4)5)60-71-65(68)57-52-47-42-37-32-27-21-19-18-20-25-30-35-40-45-50-55-62(2)3/h62-64H,6-61H2,1-5H3/t64-/m0/s1. The maximum absolute atomic E-state index is 12.9. The summed E-state index contributed by atoms with van der Waals surface area (Å²) in [7, 11) is 0. The molecule has 0 fully saturated rings. The molecule has 0 aromatic carbocycles. The van der Waals surface area contributed by atoms with Crippen molar-refractivity contribution in [3.8, 4) is 0 Å². The van der Waals surface area contributed by atoms with Crippen LogP contribution in [0.2, 0.25) is 0 Å². The van der Waals surface area contributed by atoms with Gasteiger partial charge in [-0.25, -0.2) is 0 Å². The second-order valence-corrected chi connectivity index (χ2v) is 24.1. The molecule has 0 aliphatic carbocycles. The lowest BCUT2D eigenvalue weighted by Crippen LogP contribution is -2.30. The van der Waals surface area contributed by atoms with Crippen LogP contribution in [-0.4, -0.2) is 37.2 Å². The van der Waals surface area contributed by atoms with Gasteiger partial charge in [-0.3, -0.25) is 14.4 Å². The van der Waals surface area contributed by atoms with E-state index < -0.39 is 6.10 Å². The first-order valence-corrected chi connectivity index (χ1v) is 33.2. The average Bonchev–Trinajstić information content (AvgIpc) is 3.37. The van der Waals surface area contributed by atoms with Gasteiger partial charge in [-0.15, -0.1) is 0 Å². The fourth-order valence-corrected chi connectivity index (χ4v) is 10.5. The minimum absolute atomic E-state index is 0.0616. The van der Waals surface area contributed by atoms with Crippen molar-refractivity contribution >= 4 is 17.9 Å². The van der Waals surface area contributed by atoms with E-state index in [4.69, 9.17) is 14.2 Å². The number of hydrogen-bond acceptors (Lipinski definition) is 6. The van der Waals surface area contributed by atoms with Gasteiger partial charge in [0.25, 0.3) is 0 Å². The molecule has 0 spiro atoms. The summed E-state index contributed by atoms with van der Waals surface area (Å²) in [6, 6.07) is 0. The molecule has 0 amide bonds. The maximum atomic E-state index is 12.9. The molecule has 0 aromatic rings. The quantitative estimate of drug-likeness (QED) is 0.0343. The van der Waals surface area contributed by atoms with E-state index in [1.807, 2.05) is 0 Å². The number of rotatable bonds is 61. The lowest BCUT2D eigenvalue weighted by atomic mass is 10.0. The minimum atomic E-state index is -0.764. The zero-order valence-corrected chi connectivity index (χ0v) is 50.3. The molecule has 0 aliphatic heterocycles. The normalized spacial score (nSPS) is 12.0. The molecule has 0 N–H and O–H groups in total. The van der Waals surface area contributed by atoms with Crippen LogP contribution in [0.5, 0.6) is 0 Å². The Morgan fingerprint density at radius 2 is 0.452 bits per heavy atom. The number of ether oxygens (including phenoxy) is 3. The van der Waals surface area contributed by atoms with E-state index in [0.717, 1.165) is 69.6 Å². The first-order valence-electron chi connectivity index (χ1n) is 33.2. The molecule has 0 aromatic heterocycles. The van der Waals surface area contributed by atoms with E-state index in [2.05, 4.69) is 34.6 Å². The highest BCUT2D eigenvalue weighted by atomic mass is 16.6. The van der Waals surface area contributed by atoms with Crippen LogP contribution < -0.4 is 0 Å². The number of unbranched alkanes of at least 4 members (excludes halogenated alkanes) is 46. The van der Waals surface area contributed by atoms with Gasteiger partial charge < -0.3 is 14.2 Å². The molecule has 0 bridgehead atoms. The molecule has 0 saturated heterocycles. The molecule has 0 saturated carbocycles. The predicted molar refractivity (Wildman–Crippen MR) is 316 cm³/mol. The second-order valence-electron chi connectivity index (χ2n) is 24.1. The zero-order chi connectivity index (χ0) is 53.2. The Bertz CT molecular complexity index is 1120. The largest absolute Gasteiger partial charge is 0.462 e. The van der Waals surface area contributed by atoms with Gasteiger partial charge in [0.1, 0.15) is 13.2 Å². The summed E-state index contributed by atoms with van der Waals surface area (Å²) in [5.41, 5.74) is 0. The van der Waals surface area contributed by atoms with Crippen LogP contribution in [0.15, 0.2) is 0 Å². The summed E-state index contributed by atoms with van der Waals surface area (Å²) in [5, 5.41) is 0. The SMILES string of the molecule is CCCCCCCCCCCCCCCCCCCCCC(=O)O[C@@H](COC(=O)CCCCCCCCCCCCCCCCCCC(C)C)COC(=O)CCCCCCCCCCCCCCCCC(C)C. The van der Waals surface area contributed by atoms with Crippen LogP contribution in [0.4, 0.5) is 0 Å². The first kappa shape index (κ1) is 71.4. The van der Waals surface area contributed by atoms with E-state index in [1.165, 1.54) is 270 Å². The summed E-state index contributed by atoms with van der Waals surface area (Å²) in [6.45, 7) is 11.5. The molecule has 0 rings (SSSR count). The van der Waals surface area contributed by atoms with Crippen molar-refractivity contribution in [1.29, 1.82) is 0 Å². The molecule has 6 heteroatoms. The lowest BCUT2D eigenvalue weighted by molar-refractivity contribution is -0.167. The van der Waals surface area contributed by atoms with Crippen molar-refractivity contribution in [2.24, 2.45) is 11.8 Å². The molecule has 6 nitrogen and oxygen atoms in total. The van der Waals surface area contributed by atoms with Crippen molar-refractivity contribution in [3.63, 3.8) is 0 Å². The van der Waals surface area contributed by atoms with Gasteiger partial charge in [-0.05, 0) is 31.1 Å². The summed E-state index contributed by atoms with van der Waals surface area (Å²) in [5.74, 6) is 0.870. The van der Waals surface area contributed by atoms with E-state index in [9.17, 15) is 14.4 Å². The average molecular weight is 1030 g/mol. The van der Waals surface area contributed by atoms with Crippen molar-refractivity contribution in [2.75, 3.05) is 13.2 Å². The van der Waals surface area contributed by atoms with Gasteiger partial charge in [0.15, 0.2) is 6.10 Å². The summed E-state index contributed by atoms with van der Waals surface area (Å²) >= 11 is 0. The van der Waals surface area contributed by atoms with Gasteiger partial charge in [-0.1, -0.05) is 343 Å². The molecule has 1 atom stereocenters. The van der Waals surface area contributed by atoms with Crippen molar-refractivity contribution < 1.29 is 28.6 Å². The second kappa shape index (κ2) is 59.7. The van der Waals surface area contributed by atoms with Crippen LogP contribution in [0.1, 0.15) is 381 Å². The van der Waals surface area contributed by atoms with Gasteiger partial charge in [-0.2, -0.15) is 0 Å². The highest BCUT2D eigenvalue weighted by Gasteiger charge is 2.19. The Morgan fingerprint density at radius 3 is 0.671 bits per heavy atom. The Labute approximate surface area is 457 Å². The third-order valence-corrected chi connectivity index (χ3v) is 15.5. The van der Waals surface area contributed by atoms with E-state index in [0.29, 0.717) is 19.3 Å². The Balaban J connectivity index is 4.28. The molecule has 73 heavy (non-hydrogen) atoms. The molecule has 0 heterocycles. The molecule has 0 unspecified atom stereocenters. The van der Waals surface area contributed by atoms with Crippen molar-refractivity contribution in [2.45, 2.75) is 387 Å². The Kier molecular flexibility index (Phi) is 58.4. The maximum Gasteiger partial charge on any atom is 0.306 e. The highest BCUT2D eigenvalue weighted by molar-refractivity contribution is 5.71. The smallest absolute Gasteiger partial charge is 0.306 e. The molecular formula is C67H130O6. The van der Waals surface area contributed by atoms with Crippen LogP contribution in [0, 0.1) is 11.8 Å². The molecule has 434 valence electrons. The van der Waals surface area contributed by atoms with E-state index in [-0.39, 0.29) is 31.1 Å². The minimum Gasteiger partial charge on any atom is -0.462 e. The topological polar surface area (TPSA) is 78.9 Å². The van der Waals surface area contributed by atoms with E-state index in [1.54, 1.807) is 0 Å². The molecule has 0 radical (unpaired) electrons. The monoisotopic (exact) mass is 1030 g/mol. The third kappa shape index (κ3) is 61.1. The number of hydrogen-bond donors (Lipinski definition) is 0. The van der Waals surface area contributed by atoms with Crippen LogP contribution in [-0.2, 0) is 28.6 Å². The third-order valence-electron chi connectivity index (χ3n) is 15.5. The molecular weight excluding hydrogens is 901 g/mol. The van der Waals surface area contributed by atoms with Gasteiger partial charge >= 0.3 is 17.9 Å². The predicted octanol–water partition coefficient (Wildman–Crippen LogP) is 22.4. The summed E-state index contributed by atoms with van der Waals surface area (Å²) in [4.78, 5) is 38.4. The molecule has 0 aliphatic rings. The number of esters is 3. The fraction of sp³-hybridized carbons (Fsp3) is 0.955. The van der Waals surface area contributed by atoms with Crippen molar-refractivity contribution in [3.05, 3.63) is 0 Å². The van der Waals surface area contributed by atoms with Crippen LogP contribution >= 0.6 is 0 Å². The number of carbonyl (C=O) groups is 3. The van der Waals surface area contributed by atoms with Gasteiger partial charge in [0.05, 0.1) is 0 Å². The first-order chi connectivity index (χ1) is 35.7.